The fourth-order valence-corrected chi connectivity index (χ4v) is 3.73. The van der Waals surface area contributed by atoms with Crippen LogP contribution in [0.1, 0.15) is 17.3 Å². The molecule has 0 N–H and O–H groups in total. The summed E-state index contributed by atoms with van der Waals surface area (Å²) in [5, 5.41) is 0. The average Bonchev–Trinajstić information content (AvgIpc) is 2.47. The van der Waals surface area contributed by atoms with Gasteiger partial charge in [-0.05, 0) is 0 Å². The molecule has 2 aromatic carbocycles. The minimum atomic E-state index is -0.167. The molecule has 0 saturated carbocycles. The fourth-order valence-electron chi connectivity index (χ4n) is 1.67. The predicted octanol–water partition coefficient (Wildman–Crippen LogP) is 2.37. The normalized spacial score (nSPS) is 11.2. The quantitative estimate of drug-likeness (QED) is 0.479. The SMILES string of the molecule is CC(=O)/C=C(\[Se]c1ccccc1)C(=O)c1ccccc1. The first-order chi connectivity index (χ1) is 9.66. The van der Waals surface area contributed by atoms with Crippen LogP contribution in [0.25, 0.3) is 0 Å². The van der Waals surface area contributed by atoms with Gasteiger partial charge < -0.3 is 0 Å². The molecule has 0 atom stereocenters. The van der Waals surface area contributed by atoms with Gasteiger partial charge in [0.2, 0.25) is 0 Å². The Morgan fingerprint density at radius 1 is 0.900 bits per heavy atom. The van der Waals surface area contributed by atoms with Crippen LogP contribution in [0.2, 0.25) is 0 Å². The van der Waals surface area contributed by atoms with Crippen LogP contribution in [0.4, 0.5) is 0 Å². The molecule has 0 aliphatic heterocycles. The summed E-state index contributed by atoms with van der Waals surface area (Å²) in [5.74, 6) is -0.160. The second-order valence-electron chi connectivity index (χ2n) is 4.23. The molecular weight excluding hydrogens is 315 g/mol. The number of hydrogen-bond acceptors (Lipinski definition) is 2. The van der Waals surface area contributed by atoms with Crippen LogP contribution in [0.5, 0.6) is 0 Å². The van der Waals surface area contributed by atoms with Crippen molar-refractivity contribution >= 4 is 31.0 Å². The maximum absolute atomic E-state index is 12.5. The van der Waals surface area contributed by atoms with Crippen molar-refractivity contribution in [2.45, 2.75) is 6.92 Å². The van der Waals surface area contributed by atoms with E-state index in [2.05, 4.69) is 0 Å². The molecule has 0 unspecified atom stereocenters. The van der Waals surface area contributed by atoms with Crippen molar-refractivity contribution in [2.75, 3.05) is 0 Å². The van der Waals surface area contributed by atoms with E-state index in [4.69, 9.17) is 0 Å². The Morgan fingerprint density at radius 3 is 2.00 bits per heavy atom. The van der Waals surface area contributed by atoms with E-state index >= 15 is 0 Å². The molecule has 2 aromatic rings. The van der Waals surface area contributed by atoms with Gasteiger partial charge in [0.15, 0.2) is 0 Å². The molecule has 0 aromatic heterocycles. The van der Waals surface area contributed by atoms with Gasteiger partial charge in [0.25, 0.3) is 0 Å². The van der Waals surface area contributed by atoms with E-state index in [1.54, 1.807) is 12.1 Å². The molecule has 2 rings (SSSR count). The number of carbonyl (C=O) groups is 2. The molecule has 0 heterocycles. The van der Waals surface area contributed by atoms with Crippen LogP contribution >= 0.6 is 0 Å². The predicted molar refractivity (Wildman–Crippen MR) is 81.4 cm³/mol. The molecule has 0 saturated heterocycles. The summed E-state index contributed by atoms with van der Waals surface area (Å²) >= 11 is -0.167. The molecule has 0 spiro atoms. The standard InChI is InChI=1S/C17H14O2Se/c1-13(18)12-16(20-15-10-6-3-7-11-15)17(19)14-8-4-2-5-9-14/h2-12H,1H3/b16-12-. The molecule has 20 heavy (non-hydrogen) atoms. The number of carbonyl (C=O) groups excluding carboxylic acids is 2. The zero-order valence-electron chi connectivity index (χ0n) is 11.1. The first-order valence-electron chi connectivity index (χ1n) is 6.22. The first-order valence-corrected chi connectivity index (χ1v) is 7.93. The van der Waals surface area contributed by atoms with Gasteiger partial charge in [0.1, 0.15) is 0 Å². The van der Waals surface area contributed by atoms with Crippen LogP contribution in [-0.4, -0.2) is 26.5 Å². The Kier molecular flexibility index (Phi) is 5.05. The van der Waals surface area contributed by atoms with Crippen molar-refractivity contribution in [2.24, 2.45) is 0 Å². The third kappa shape index (κ3) is 4.02. The Balaban J connectivity index is 2.30. The van der Waals surface area contributed by atoms with Gasteiger partial charge in [-0.1, -0.05) is 0 Å². The maximum atomic E-state index is 12.5. The van der Waals surface area contributed by atoms with Gasteiger partial charge in [-0.2, -0.15) is 0 Å². The van der Waals surface area contributed by atoms with Crippen molar-refractivity contribution in [1.82, 2.24) is 0 Å². The van der Waals surface area contributed by atoms with Crippen LogP contribution in [-0.2, 0) is 4.79 Å². The molecule has 0 radical (unpaired) electrons. The van der Waals surface area contributed by atoms with Gasteiger partial charge in [-0.15, -0.1) is 0 Å². The topological polar surface area (TPSA) is 34.1 Å². The Morgan fingerprint density at radius 2 is 1.45 bits per heavy atom. The number of hydrogen-bond donors (Lipinski definition) is 0. The van der Waals surface area contributed by atoms with Gasteiger partial charge in [0.05, 0.1) is 0 Å². The number of benzene rings is 2. The summed E-state index contributed by atoms with van der Waals surface area (Å²) in [6, 6.07) is 18.8. The Hall–Kier alpha value is -1.96. The number of ketones is 2. The third-order valence-corrected chi connectivity index (χ3v) is 4.73. The first kappa shape index (κ1) is 14.4. The molecule has 3 heteroatoms. The molecule has 2 nitrogen and oxygen atoms in total. The van der Waals surface area contributed by atoms with Crippen molar-refractivity contribution in [1.29, 1.82) is 0 Å². The average molecular weight is 329 g/mol. The van der Waals surface area contributed by atoms with E-state index in [9.17, 15) is 9.59 Å². The van der Waals surface area contributed by atoms with Crippen LogP contribution < -0.4 is 4.46 Å². The number of Topliss-reactive ketones (excluding diaryl/α,β-unsaturated/α-hetero) is 1. The summed E-state index contributed by atoms with van der Waals surface area (Å²) in [7, 11) is 0. The monoisotopic (exact) mass is 330 g/mol. The molecule has 0 fully saturated rings. The summed E-state index contributed by atoms with van der Waals surface area (Å²) in [4.78, 5) is 23.8. The van der Waals surface area contributed by atoms with Crippen molar-refractivity contribution in [3.8, 4) is 0 Å². The van der Waals surface area contributed by atoms with Crippen LogP contribution in [0.15, 0.2) is 71.2 Å². The molecule has 0 aliphatic carbocycles. The molecule has 0 amide bonds. The molecule has 0 aliphatic rings. The fraction of sp³-hybridized carbons (Fsp3) is 0.0588. The number of rotatable bonds is 5. The second-order valence-corrected chi connectivity index (χ2v) is 6.57. The Labute approximate surface area is 124 Å². The summed E-state index contributed by atoms with van der Waals surface area (Å²) < 4.78 is 1.67. The second kappa shape index (κ2) is 6.99. The molecule has 100 valence electrons. The zero-order valence-corrected chi connectivity index (χ0v) is 12.8. The van der Waals surface area contributed by atoms with Gasteiger partial charge >= 0.3 is 124 Å². The van der Waals surface area contributed by atoms with Crippen molar-refractivity contribution in [3.63, 3.8) is 0 Å². The van der Waals surface area contributed by atoms with Gasteiger partial charge in [-0.25, -0.2) is 0 Å². The van der Waals surface area contributed by atoms with Crippen LogP contribution in [0, 0.1) is 0 Å². The van der Waals surface area contributed by atoms with Gasteiger partial charge in [0, 0.05) is 0 Å². The van der Waals surface area contributed by atoms with Crippen molar-refractivity contribution in [3.05, 3.63) is 76.8 Å². The van der Waals surface area contributed by atoms with E-state index in [-0.39, 0.29) is 26.5 Å². The van der Waals surface area contributed by atoms with E-state index in [1.165, 1.54) is 13.0 Å². The van der Waals surface area contributed by atoms with Crippen LogP contribution in [0.3, 0.4) is 0 Å². The van der Waals surface area contributed by atoms with Gasteiger partial charge in [-0.3, -0.25) is 0 Å². The molecular formula is C17H14O2Se. The molecule has 0 bridgehead atoms. The summed E-state index contributed by atoms with van der Waals surface area (Å²) in [6.45, 7) is 1.47. The summed E-state index contributed by atoms with van der Waals surface area (Å²) in [6.07, 6.45) is 1.46. The Bertz CT molecular complexity index is 631. The summed E-state index contributed by atoms with van der Waals surface area (Å²) in [5.41, 5.74) is 0.623. The van der Waals surface area contributed by atoms with E-state index in [1.807, 2.05) is 48.5 Å². The van der Waals surface area contributed by atoms with E-state index < -0.39 is 0 Å². The minimum absolute atomic E-state index is 0.0651. The number of allylic oxidation sites excluding steroid dienone is 2. The van der Waals surface area contributed by atoms with Crippen molar-refractivity contribution < 1.29 is 9.59 Å². The van der Waals surface area contributed by atoms with E-state index in [0.717, 1.165) is 4.46 Å². The zero-order chi connectivity index (χ0) is 14.4. The third-order valence-electron chi connectivity index (χ3n) is 2.57. The van der Waals surface area contributed by atoms with E-state index in [0.29, 0.717) is 10.0 Å².